The molecule has 1 rings (SSSR count). The molecule has 0 fully saturated rings. The molecule has 1 aromatic heterocycles. The second-order valence-electron chi connectivity index (χ2n) is 1.24. The van der Waals surface area contributed by atoms with Crippen molar-refractivity contribution in [3.05, 3.63) is 28.8 Å². The minimum atomic E-state index is 1.28. The molecule has 42 valence electrons. The molecule has 0 saturated carbocycles. The van der Waals surface area contributed by atoms with Gasteiger partial charge in [0.05, 0.1) is 0 Å². The lowest BCUT2D eigenvalue weighted by molar-refractivity contribution is 1.61. The third kappa shape index (κ3) is 1.39. The topological polar surface area (TPSA) is 0 Å². The Labute approximate surface area is 57.2 Å². The van der Waals surface area contributed by atoms with Crippen LogP contribution in [0.5, 0.6) is 0 Å². The Morgan fingerprint density at radius 3 is 3.12 bits per heavy atom. The minimum absolute atomic E-state index is 1.28. The van der Waals surface area contributed by atoms with E-state index in [2.05, 4.69) is 23.4 Å². The molecule has 0 amide bonds. The van der Waals surface area contributed by atoms with Crippen molar-refractivity contribution >= 4 is 23.1 Å². The van der Waals surface area contributed by atoms with E-state index in [-0.39, 0.29) is 0 Å². The first-order valence-corrected chi connectivity index (χ1v) is 4.05. The van der Waals surface area contributed by atoms with Crippen molar-refractivity contribution in [2.45, 2.75) is 4.90 Å². The highest BCUT2D eigenvalue weighted by Crippen LogP contribution is 2.20. The van der Waals surface area contributed by atoms with Gasteiger partial charge in [-0.2, -0.15) is 11.3 Å². The lowest BCUT2D eigenvalue weighted by Gasteiger charge is -1.81. The molecule has 1 heterocycles. The summed E-state index contributed by atoms with van der Waals surface area (Å²) < 4.78 is 0. The zero-order chi connectivity index (χ0) is 5.82. The van der Waals surface area contributed by atoms with E-state index < -0.39 is 0 Å². The summed E-state index contributed by atoms with van der Waals surface area (Å²) >= 11 is 3.37. The molecule has 0 atom stereocenters. The van der Waals surface area contributed by atoms with Crippen LogP contribution in [0.2, 0.25) is 0 Å². The summed E-state index contributed by atoms with van der Waals surface area (Å²) in [6, 6.07) is 2.08. The summed E-state index contributed by atoms with van der Waals surface area (Å²) in [5.41, 5.74) is 0. The molecule has 0 aliphatic rings. The zero-order valence-corrected chi connectivity index (χ0v) is 5.97. The predicted molar refractivity (Wildman–Crippen MR) is 40.4 cm³/mol. The van der Waals surface area contributed by atoms with Gasteiger partial charge in [-0.3, -0.25) is 0 Å². The molecular formula is C6H6S2. The van der Waals surface area contributed by atoms with Gasteiger partial charge in [0.2, 0.25) is 0 Å². The minimum Gasteiger partial charge on any atom is -0.151 e. The van der Waals surface area contributed by atoms with Crippen molar-refractivity contribution in [2.75, 3.05) is 0 Å². The number of hydrogen-bond donors (Lipinski definition) is 0. The molecule has 0 radical (unpaired) electrons. The second-order valence-corrected chi connectivity index (χ2v) is 3.06. The molecule has 0 spiro atoms. The van der Waals surface area contributed by atoms with Gasteiger partial charge in [-0.25, -0.2) is 0 Å². The van der Waals surface area contributed by atoms with Crippen LogP contribution in [0.3, 0.4) is 0 Å². The van der Waals surface area contributed by atoms with Gasteiger partial charge in [-0.1, -0.05) is 18.3 Å². The maximum atomic E-state index is 3.60. The van der Waals surface area contributed by atoms with Gasteiger partial charge >= 0.3 is 0 Å². The van der Waals surface area contributed by atoms with Gasteiger partial charge < -0.3 is 0 Å². The first-order valence-electron chi connectivity index (χ1n) is 2.23. The van der Waals surface area contributed by atoms with Crippen molar-refractivity contribution < 1.29 is 0 Å². The molecule has 2 heteroatoms. The SMILES string of the molecule is C=CSc1ccsc1. The average molecular weight is 142 g/mol. The van der Waals surface area contributed by atoms with Crippen molar-refractivity contribution in [3.8, 4) is 0 Å². The fourth-order valence-electron chi connectivity index (χ4n) is 0.415. The normalized spacial score (nSPS) is 9.00. The first-order chi connectivity index (χ1) is 3.93. The highest BCUT2D eigenvalue weighted by Gasteiger charge is 1.85. The van der Waals surface area contributed by atoms with E-state index in [9.17, 15) is 0 Å². The van der Waals surface area contributed by atoms with E-state index >= 15 is 0 Å². The van der Waals surface area contributed by atoms with Crippen molar-refractivity contribution in [3.63, 3.8) is 0 Å². The quantitative estimate of drug-likeness (QED) is 0.572. The zero-order valence-electron chi connectivity index (χ0n) is 4.33. The van der Waals surface area contributed by atoms with E-state index in [4.69, 9.17) is 0 Å². The van der Waals surface area contributed by atoms with Crippen LogP contribution in [-0.4, -0.2) is 0 Å². The molecular weight excluding hydrogens is 136 g/mol. The van der Waals surface area contributed by atoms with Crippen molar-refractivity contribution in [2.24, 2.45) is 0 Å². The van der Waals surface area contributed by atoms with Gasteiger partial charge in [0.15, 0.2) is 0 Å². The smallest absolute Gasteiger partial charge is 0.0223 e. The molecule has 0 aliphatic heterocycles. The summed E-state index contributed by atoms with van der Waals surface area (Å²) in [6.07, 6.45) is 0. The highest BCUT2D eigenvalue weighted by atomic mass is 32.2. The van der Waals surface area contributed by atoms with Gasteiger partial charge in [-0.15, -0.1) is 0 Å². The Bertz CT molecular complexity index is 153. The number of rotatable bonds is 2. The van der Waals surface area contributed by atoms with E-state index in [0.29, 0.717) is 0 Å². The Hall–Kier alpha value is -0.210. The maximum absolute atomic E-state index is 3.60. The fourth-order valence-corrected chi connectivity index (χ4v) is 1.75. The summed E-state index contributed by atoms with van der Waals surface area (Å²) in [7, 11) is 0. The molecule has 0 unspecified atom stereocenters. The fraction of sp³-hybridized carbons (Fsp3) is 0. The molecule has 0 nitrogen and oxygen atoms in total. The van der Waals surface area contributed by atoms with E-state index in [1.807, 2.05) is 5.41 Å². The number of hydrogen-bond acceptors (Lipinski definition) is 2. The van der Waals surface area contributed by atoms with Crippen LogP contribution in [0, 0.1) is 0 Å². The van der Waals surface area contributed by atoms with Crippen molar-refractivity contribution in [1.29, 1.82) is 0 Å². The lowest BCUT2D eigenvalue weighted by Crippen LogP contribution is -1.49. The van der Waals surface area contributed by atoms with Crippen LogP contribution in [0.1, 0.15) is 0 Å². The Morgan fingerprint density at radius 1 is 1.75 bits per heavy atom. The molecule has 0 aliphatic carbocycles. The van der Waals surface area contributed by atoms with Gasteiger partial charge in [-0.05, 0) is 16.9 Å². The van der Waals surface area contributed by atoms with E-state index in [1.165, 1.54) is 4.90 Å². The van der Waals surface area contributed by atoms with E-state index in [0.717, 1.165) is 0 Å². The van der Waals surface area contributed by atoms with Crippen LogP contribution in [0.25, 0.3) is 0 Å². The second kappa shape index (κ2) is 2.95. The van der Waals surface area contributed by atoms with Crippen LogP contribution in [0.4, 0.5) is 0 Å². The summed E-state index contributed by atoms with van der Waals surface area (Å²) in [4.78, 5) is 1.28. The van der Waals surface area contributed by atoms with Crippen molar-refractivity contribution in [1.82, 2.24) is 0 Å². The van der Waals surface area contributed by atoms with Crippen LogP contribution in [-0.2, 0) is 0 Å². The van der Waals surface area contributed by atoms with E-state index in [1.54, 1.807) is 23.1 Å². The standard InChI is InChI=1S/C6H6S2/c1-2-8-6-3-4-7-5-6/h2-5H,1H2. The van der Waals surface area contributed by atoms with Crippen LogP contribution >= 0.6 is 23.1 Å². The molecule has 0 N–H and O–H groups in total. The van der Waals surface area contributed by atoms with Gasteiger partial charge in [0, 0.05) is 10.3 Å². The predicted octanol–water partition coefficient (Wildman–Crippen LogP) is 2.98. The molecule has 0 aromatic carbocycles. The summed E-state index contributed by atoms with van der Waals surface area (Å²) in [5, 5.41) is 6.00. The highest BCUT2D eigenvalue weighted by molar-refractivity contribution is 8.02. The third-order valence-electron chi connectivity index (χ3n) is 0.714. The number of thioether (sulfide) groups is 1. The Balaban J connectivity index is 2.62. The third-order valence-corrected chi connectivity index (χ3v) is 2.24. The number of thiophene rings is 1. The largest absolute Gasteiger partial charge is 0.151 e. The van der Waals surface area contributed by atoms with Crippen LogP contribution < -0.4 is 0 Å². The maximum Gasteiger partial charge on any atom is 0.0223 e. The summed E-state index contributed by atoms with van der Waals surface area (Å²) in [6.45, 7) is 3.60. The Morgan fingerprint density at radius 2 is 2.62 bits per heavy atom. The lowest BCUT2D eigenvalue weighted by atomic mass is 10.7. The van der Waals surface area contributed by atoms with Gasteiger partial charge in [0.25, 0.3) is 0 Å². The summed E-state index contributed by atoms with van der Waals surface area (Å²) in [5.74, 6) is 0. The monoisotopic (exact) mass is 142 g/mol. The average Bonchev–Trinajstić information content (AvgIpc) is 2.19. The molecule has 1 aromatic rings. The first kappa shape index (κ1) is 5.92. The molecule has 8 heavy (non-hydrogen) atoms. The molecule has 0 saturated heterocycles. The van der Waals surface area contributed by atoms with Gasteiger partial charge in [0.1, 0.15) is 0 Å². The molecule has 0 bridgehead atoms. The van der Waals surface area contributed by atoms with Crippen LogP contribution in [0.15, 0.2) is 33.7 Å². The Kier molecular flexibility index (Phi) is 2.18.